The molecule has 9 nitrogen and oxygen atoms in total. The summed E-state index contributed by atoms with van der Waals surface area (Å²) in [6.07, 6.45) is 1.17. The molecule has 0 radical (unpaired) electrons. The van der Waals surface area contributed by atoms with Gasteiger partial charge in [0.25, 0.3) is 5.91 Å². The van der Waals surface area contributed by atoms with Gasteiger partial charge in [-0.05, 0) is 51.8 Å². The van der Waals surface area contributed by atoms with Crippen molar-refractivity contribution < 1.29 is 14.3 Å². The van der Waals surface area contributed by atoms with Gasteiger partial charge in [-0.1, -0.05) is 18.2 Å². The highest BCUT2D eigenvalue weighted by Crippen LogP contribution is 2.24. The highest BCUT2D eigenvalue weighted by atomic mass is 16.5. The average molecular weight is 497 g/mol. The molecule has 0 saturated heterocycles. The molecule has 0 bridgehead atoms. The van der Waals surface area contributed by atoms with Crippen molar-refractivity contribution >= 4 is 23.5 Å². The molecule has 0 unspecified atom stereocenters. The molecule has 3 rings (SSSR count). The van der Waals surface area contributed by atoms with Gasteiger partial charge in [-0.3, -0.25) is 14.5 Å². The summed E-state index contributed by atoms with van der Waals surface area (Å²) in [5.74, 6) is 0.525. The number of ether oxygens (including phenoxy) is 1. The summed E-state index contributed by atoms with van der Waals surface area (Å²) in [5.41, 5.74) is 3.58. The summed E-state index contributed by atoms with van der Waals surface area (Å²) in [4.78, 5) is 41.2. The molecular weight excluding hydrogens is 456 g/mol. The van der Waals surface area contributed by atoms with Crippen LogP contribution < -0.4 is 10.2 Å². The van der Waals surface area contributed by atoms with Crippen LogP contribution in [0.25, 0.3) is 0 Å². The van der Waals surface area contributed by atoms with E-state index in [-0.39, 0.29) is 18.4 Å². The topological polar surface area (TPSA) is 90.9 Å². The molecule has 2 heterocycles. The molecule has 0 atom stereocenters. The number of amides is 2. The van der Waals surface area contributed by atoms with Gasteiger partial charge < -0.3 is 19.9 Å². The van der Waals surface area contributed by atoms with Crippen molar-refractivity contribution in [3.8, 4) is 0 Å². The summed E-state index contributed by atoms with van der Waals surface area (Å²) < 4.78 is 5.16. The van der Waals surface area contributed by atoms with Crippen LogP contribution in [0.1, 0.15) is 43.6 Å². The van der Waals surface area contributed by atoms with E-state index in [0.717, 1.165) is 42.1 Å². The van der Waals surface area contributed by atoms with E-state index in [1.807, 2.05) is 54.0 Å². The Morgan fingerprint density at radius 2 is 1.75 bits per heavy atom. The molecule has 0 aliphatic carbocycles. The standard InChI is InChI=1S/C27H40N6O3/c1-20(2)31-13-8-14-33(26(35)19-36-5)24-10-7-6-9-23(24)18-32(16-15-31)25(34)11-12-28-27-29-21(3)17-22(4)30-27/h6-7,9-10,17,20H,8,11-16,18-19H2,1-5H3,(H,28,29,30). The van der Waals surface area contributed by atoms with Gasteiger partial charge in [0, 0.05) is 75.9 Å². The molecule has 0 saturated carbocycles. The number of nitrogens with zero attached hydrogens (tertiary/aromatic N) is 5. The van der Waals surface area contributed by atoms with Gasteiger partial charge in [-0.25, -0.2) is 9.97 Å². The third kappa shape index (κ3) is 7.73. The molecule has 0 spiro atoms. The minimum absolute atomic E-state index is 0.0249. The monoisotopic (exact) mass is 496 g/mol. The van der Waals surface area contributed by atoms with Gasteiger partial charge in [0.2, 0.25) is 11.9 Å². The van der Waals surface area contributed by atoms with Crippen LogP contribution in [0.3, 0.4) is 0 Å². The summed E-state index contributed by atoms with van der Waals surface area (Å²) in [7, 11) is 1.54. The number of rotatable bonds is 7. The average Bonchev–Trinajstić information content (AvgIpc) is 2.86. The van der Waals surface area contributed by atoms with E-state index in [0.29, 0.717) is 44.6 Å². The van der Waals surface area contributed by atoms with E-state index in [1.165, 1.54) is 7.11 Å². The molecule has 1 aromatic carbocycles. The van der Waals surface area contributed by atoms with Crippen molar-refractivity contribution in [2.45, 2.75) is 53.1 Å². The Balaban J connectivity index is 1.80. The number of nitrogens with one attached hydrogen (secondary N) is 1. The van der Waals surface area contributed by atoms with E-state index < -0.39 is 0 Å². The molecular formula is C27H40N6O3. The third-order valence-corrected chi connectivity index (χ3v) is 6.38. The van der Waals surface area contributed by atoms with Gasteiger partial charge >= 0.3 is 0 Å². The van der Waals surface area contributed by atoms with E-state index in [9.17, 15) is 9.59 Å². The smallest absolute Gasteiger partial charge is 0.252 e. The maximum absolute atomic E-state index is 13.4. The van der Waals surface area contributed by atoms with E-state index in [1.54, 1.807) is 0 Å². The van der Waals surface area contributed by atoms with Crippen LogP contribution in [0.2, 0.25) is 0 Å². The number of anilines is 2. The van der Waals surface area contributed by atoms with Crippen molar-refractivity contribution in [1.29, 1.82) is 0 Å². The fourth-order valence-electron chi connectivity index (χ4n) is 4.54. The van der Waals surface area contributed by atoms with E-state index >= 15 is 0 Å². The minimum Gasteiger partial charge on any atom is -0.375 e. The highest BCUT2D eigenvalue weighted by Gasteiger charge is 2.24. The van der Waals surface area contributed by atoms with Crippen LogP contribution in [-0.2, 0) is 20.9 Å². The number of aryl methyl sites for hydroxylation is 2. The van der Waals surface area contributed by atoms with Crippen LogP contribution >= 0.6 is 0 Å². The molecule has 1 aromatic heterocycles. The Morgan fingerprint density at radius 1 is 1.03 bits per heavy atom. The molecule has 1 aliphatic heterocycles. The predicted octanol–water partition coefficient (Wildman–Crippen LogP) is 3.02. The zero-order valence-corrected chi connectivity index (χ0v) is 22.3. The normalized spacial score (nSPS) is 15.4. The zero-order chi connectivity index (χ0) is 26.1. The van der Waals surface area contributed by atoms with Crippen LogP contribution in [0.4, 0.5) is 11.6 Å². The molecule has 0 fully saturated rings. The number of carbonyl (C=O) groups is 2. The highest BCUT2D eigenvalue weighted by molar-refractivity contribution is 5.95. The second-order valence-corrected chi connectivity index (χ2v) is 9.56. The van der Waals surface area contributed by atoms with Gasteiger partial charge in [0.1, 0.15) is 6.61 Å². The Morgan fingerprint density at radius 3 is 2.44 bits per heavy atom. The Bertz CT molecular complexity index is 1010. The fourth-order valence-corrected chi connectivity index (χ4v) is 4.54. The first kappa shape index (κ1) is 27.5. The Kier molecular flexibility index (Phi) is 10.2. The summed E-state index contributed by atoms with van der Waals surface area (Å²) in [6.45, 7) is 12.0. The Hall–Kier alpha value is -3.04. The summed E-state index contributed by atoms with van der Waals surface area (Å²) in [5, 5.41) is 3.19. The molecule has 9 heteroatoms. The lowest BCUT2D eigenvalue weighted by Gasteiger charge is -2.30. The van der Waals surface area contributed by atoms with Crippen molar-refractivity contribution in [2.24, 2.45) is 0 Å². The first-order valence-corrected chi connectivity index (χ1v) is 12.7. The number of hydrogen-bond acceptors (Lipinski definition) is 7. The number of benzene rings is 1. The SMILES string of the molecule is COCC(=O)N1CCCN(C(C)C)CCN(C(=O)CCNc2nc(C)cc(C)n2)Cc2ccccc21. The van der Waals surface area contributed by atoms with Crippen molar-refractivity contribution in [3.05, 3.63) is 47.3 Å². The largest absolute Gasteiger partial charge is 0.375 e. The number of carbonyl (C=O) groups excluding carboxylic acids is 2. The van der Waals surface area contributed by atoms with Gasteiger partial charge in [0.15, 0.2) is 0 Å². The first-order chi connectivity index (χ1) is 17.3. The molecule has 2 aromatic rings. The van der Waals surface area contributed by atoms with Crippen molar-refractivity contribution in [3.63, 3.8) is 0 Å². The summed E-state index contributed by atoms with van der Waals surface area (Å²) in [6, 6.07) is 10.1. The third-order valence-electron chi connectivity index (χ3n) is 6.38. The molecule has 2 amide bonds. The summed E-state index contributed by atoms with van der Waals surface area (Å²) >= 11 is 0. The molecule has 196 valence electrons. The lowest BCUT2D eigenvalue weighted by Crippen LogP contribution is -2.41. The maximum Gasteiger partial charge on any atom is 0.252 e. The van der Waals surface area contributed by atoms with Crippen LogP contribution in [0, 0.1) is 13.8 Å². The number of para-hydroxylation sites is 1. The number of fused-ring (bicyclic) bond motifs is 1. The predicted molar refractivity (Wildman–Crippen MR) is 142 cm³/mol. The van der Waals surface area contributed by atoms with E-state index in [4.69, 9.17) is 4.74 Å². The first-order valence-electron chi connectivity index (χ1n) is 12.7. The van der Waals surface area contributed by atoms with Crippen molar-refractivity contribution in [2.75, 3.05) is 56.7 Å². The van der Waals surface area contributed by atoms with Gasteiger partial charge in [-0.2, -0.15) is 0 Å². The minimum atomic E-state index is -0.0733. The van der Waals surface area contributed by atoms with Gasteiger partial charge in [0.05, 0.1) is 0 Å². The number of hydrogen-bond donors (Lipinski definition) is 1. The fraction of sp³-hybridized carbons (Fsp3) is 0.556. The molecule has 1 aliphatic rings. The second-order valence-electron chi connectivity index (χ2n) is 9.56. The molecule has 36 heavy (non-hydrogen) atoms. The quantitative estimate of drug-likeness (QED) is 0.630. The molecule has 1 N–H and O–H groups in total. The van der Waals surface area contributed by atoms with Crippen molar-refractivity contribution in [1.82, 2.24) is 19.8 Å². The van der Waals surface area contributed by atoms with E-state index in [2.05, 4.69) is 34.0 Å². The lowest BCUT2D eigenvalue weighted by molar-refractivity contribution is -0.131. The van der Waals surface area contributed by atoms with Crippen LogP contribution in [-0.4, -0.2) is 84.1 Å². The second kappa shape index (κ2) is 13.3. The number of aromatic nitrogens is 2. The van der Waals surface area contributed by atoms with Crippen LogP contribution in [0.15, 0.2) is 30.3 Å². The number of methoxy groups -OCH3 is 1. The van der Waals surface area contributed by atoms with Gasteiger partial charge in [-0.15, -0.1) is 0 Å². The van der Waals surface area contributed by atoms with Crippen LogP contribution in [0.5, 0.6) is 0 Å². The maximum atomic E-state index is 13.4. The zero-order valence-electron chi connectivity index (χ0n) is 22.3. The lowest BCUT2D eigenvalue weighted by atomic mass is 10.1. The Labute approximate surface area is 214 Å².